The Morgan fingerprint density at radius 1 is 1.50 bits per heavy atom. The van der Waals surface area contributed by atoms with Crippen LogP contribution in [0.15, 0.2) is 0 Å². The van der Waals surface area contributed by atoms with Crippen LogP contribution in [0.4, 0.5) is 0 Å². The van der Waals surface area contributed by atoms with Gasteiger partial charge in [0, 0.05) is 13.0 Å². The fourth-order valence-corrected chi connectivity index (χ4v) is 2.22. The maximum absolute atomic E-state index is 11.3. The summed E-state index contributed by atoms with van der Waals surface area (Å²) < 4.78 is 5.63. The molecule has 0 amide bonds. The van der Waals surface area contributed by atoms with Crippen LogP contribution in [0.2, 0.25) is 0 Å². The summed E-state index contributed by atoms with van der Waals surface area (Å²) >= 11 is 0. The van der Waals surface area contributed by atoms with Crippen molar-refractivity contribution in [3.8, 4) is 0 Å². The minimum Gasteiger partial charge on any atom is -0.480 e. The van der Waals surface area contributed by atoms with Crippen LogP contribution in [0, 0.1) is 0 Å². The fraction of sp³-hybridized carbons (Fsp3) is 0.917. The molecule has 1 fully saturated rings. The summed E-state index contributed by atoms with van der Waals surface area (Å²) in [4.78, 5) is 11.3. The number of hydrogen-bond acceptors (Lipinski definition) is 3. The molecule has 94 valence electrons. The monoisotopic (exact) mass is 229 g/mol. The number of ether oxygens (including phenoxy) is 1. The molecule has 0 spiro atoms. The van der Waals surface area contributed by atoms with Gasteiger partial charge in [0.1, 0.15) is 5.54 Å². The van der Waals surface area contributed by atoms with Gasteiger partial charge in [-0.25, -0.2) is 0 Å². The Morgan fingerprint density at radius 2 is 2.25 bits per heavy atom. The van der Waals surface area contributed by atoms with Crippen LogP contribution >= 0.6 is 0 Å². The van der Waals surface area contributed by atoms with Crippen LogP contribution in [0.1, 0.15) is 46.0 Å². The SMILES string of the molecule is CCCNC1(C(=O)O)CCC(OCCC)C1. The predicted molar refractivity (Wildman–Crippen MR) is 62.5 cm³/mol. The first-order valence-corrected chi connectivity index (χ1v) is 6.24. The van der Waals surface area contributed by atoms with Crippen molar-refractivity contribution in [2.24, 2.45) is 0 Å². The van der Waals surface area contributed by atoms with E-state index in [1.54, 1.807) is 0 Å². The van der Waals surface area contributed by atoms with Crippen LogP contribution in [0.5, 0.6) is 0 Å². The van der Waals surface area contributed by atoms with Gasteiger partial charge < -0.3 is 15.2 Å². The van der Waals surface area contributed by atoms with Crippen molar-refractivity contribution >= 4 is 5.97 Å². The van der Waals surface area contributed by atoms with Crippen LogP contribution in [-0.4, -0.2) is 35.9 Å². The van der Waals surface area contributed by atoms with Crippen LogP contribution in [-0.2, 0) is 9.53 Å². The van der Waals surface area contributed by atoms with E-state index >= 15 is 0 Å². The quantitative estimate of drug-likeness (QED) is 0.698. The van der Waals surface area contributed by atoms with Gasteiger partial charge in [0.05, 0.1) is 6.10 Å². The molecule has 0 bridgehead atoms. The summed E-state index contributed by atoms with van der Waals surface area (Å²) in [7, 11) is 0. The Hall–Kier alpha value is -0.610. The molecule has 1 aliphatic carbocycles. The first-order valence-electron chi connectivity index (χ1n) is 6.24. The second-order valence-electron chi connectivity index (χ2n) is 4.55. The molecule has 16 heavy (non-hydrogen) atoms. The maximum atomic E-state index is 11.3. The number of carbonyl (C=O) groups is 1. The topological polar surface area (TPSA) is 58.6 Å². The van der Waals surface area contributed by atoms with Gasteiger partial charge in [0.25, 0.3) is 0 Å². The normalized spacial score (nSPS) is 29.5. The smallest absolute Gasteiger partial charge is 0.323 e. The molecule has 1 saturated carbocycles. The van der Waals surface area contributed by atoms with Crippen LogP contribution in [0.25, 0.3) is 0 Å². The maximum Gasteiger partial charge on any atom is 0.323 e. The van der Waals surface area contributed by atoms with Crippen LogP contribution in [0.3, 0.4) is 0 Å². The van der Waals surface area contributed by atoms with E-state index < -0.39 is 11.5 Å². The minimum absolute atomic E-state index is 0.111. The lowest BCUT2D eigenvalue weighted by atomic mass is 9.97. The summed E-state index contributed by atoms with van der Waals surface area (Å²) in [5.74, 6) is -0.733. The highest BCUT2D eigenvalue weighted by Crippen LogP contribution is 2.32. The van der Waals surface area contributed by atoms with Gasteiger partial charge in [0.2, 0.25) is 0 Å². The molecule has 4 heteroatoms. The summed E-state index contributed by atoms with van der Waals surface area (Å²) in [6.07, 6.45) is 4.18. The summed E-state index contributed by atoms with van der Waals surface area (Å²) in [6, 6.07) is 0. The van der Waals surface area contributed by atoms with Crippen molar-refractivity contribution in [2.75, 3.05) is 13.2 Å². The lowest BCUT2D eigenvalue weighted by molar-refractivity contribution is -0.145. The van der Waals surface area contributed by atoms with Gasteiger partial charge in [-0.3, -0.25) is 4.79 Å². The number of hydrogen-bond donors (Lipinski definition) is 2. The molecule has 0 heterocycles. The standard InChI is InChI=1S/C12H23NO3/c1-3-7-13-12(11(14)15)6-5-10(9-12)16-8-4-2/h10,13H,3-9H2,1-2H3,(H,14,15). The zero-order chi connectivity index (χ0) is 12.0. The molecule has 0 saturated heterocycles. The fourth-order valence-electron chi connectivity index (χ4n) is 2.22. The molecule has 2 atom stereocenters. The van der Waals surface area contributed by atoms with E-state index in [1.807, 2.05) is 6.92 Å². The Balaban J connectivity index is 2.51. The minimum atomic E-state index is -0.742. The Morgan fingerprint density at radius 3 is 2.81 bits per heavy atom. The van der Waals surface area contributed by atoms with Crippen molar-refractivity contribution in [1.82, 2.24) is 5.32 Å². The lowest BCUT2D eigenvalue weighted by Gasteiger charge is -2.25. The highest BCUT2D eigenvalue weighted by Gasteiger charge is 2.45. The van der Waals surface area contributed by atoms with Crippen molar-refractivity contribution in [2.45, 2.75) is 57.6 Å². The van der Waals surface area contributed by atoms with Gasteiger partial charge >= 0.3 is 5.97 Å². The average Bonchev–Trinajstić information content (AvgIpc) is 2.68. The summed E-state index contributed by atoms with van der Waals surface area (Å²) in [5, 5.41) is 12.5. The van der Waals surface area contributed by atoms with Crippen molar-refractivity contribution in [3.05, 3.63) is 0 Å². The molecule has 1 aliphatic rings. The number of aliphatic carboxylic acids is 1. The molecule has 0 aromatic rings. The van der Waals surface area contributed by atoms with E-state index in [4.69, 9.17) is 4.74 Å². The molecular formula is C12H23NO3. The van der Waals surface area contributed by atoms with E-state index in [9.17, 15) is 9.90 Å². The van der Waals surface area contributed by atoms with E-state index in [0.29, 0.717) is 12.8 Å². The zero-order valence-corrected chi connectivity index (χ0v) is 10.3. The summed E-state index contributed by atoms with van der Waals surface area (Å²) in [6.45, 7) is 5.60. The Bertz CT molecular complexity index is 232. The molecule has 4 nitrogen and oxygen atoms in total. The Labute approximate surface area is 97.4 Å². The molecular weight excluding hydrogens is 206 g/mol. The van der Waals surface area contributed by atoms with Gasteiger partial charge in [-0.05, 0) is 32.2 Å². The number of nitrogens with one attached hydrogen (secondary N) is 1. The largest absolute Gasteiger partial charge is 0.480 e. The first-order chi connectivity index (χ1) is 7.64. The Kier molecular flexibility index (Phi) is 5.22. The van der Waals surface area contributed by atoms with Gasteiger partial charge in [-0.1, -0.05) is 13.8 Å². The average molecular weight is 229 g/mol. The third kappa shape index (κ3) is 3.19. The predicted octanol–water partition coefficient (Wildman–Crippen LogP) is 1.79. The highest BCUT2D eigenvalue weighted by molar-refractivity contribution is 5.79. The van der Waals surface area contributed by atoms with Gasteiger partial charge in [-0.15, -0.1) is 0 Å². The van der Waals surface area contributed by atoms with Crippen molar-refractivity contribution in [3.63, 3.8) is 0 Å². The van der Waals surface area contributed by atoms with Gasteiger partial charge in [0.15, 0.2) is 0 Å². The number of carboxylic acids is 1. The molecule has 0 radical (unpaired) electrons. The third-order valence-electron chi connectivity index (χ3n) is 3.15. The highest BCUT2D eigenvalue weighted by atomic mass is 16.5. The molecule has 1 rings (SSSR count). The second-order valence-corrected chi connectivity index (χ2v) is 4.55. The third-order valence-corrected chi connectivity index (χ3v) is 3.15. The van der Waals surface area contributed by atoms with Crippen LogP contribution < -0.4 is 5.32 Å². The first kappa shape index (κ1) is 13.5. The molecule has 0 aliphatic heterocycles. The molecule has 0 aromatic heterocycles. The molecule has 2 N–H and O–H groups in total. The number of rotatable bonds is 7. The van der Waals surface area contributed by atoms with E-state index in [-0.39, 0.29) is 6.10 Å². The zero-order valence-electron chi connectivity index (χ0n) is 10.3. The molecule has 0 aromatic carbocycles. The van der Waals surface area contributed by atoms with Crippen molar-refractivity contribution < 1.29 is 14.6 Å². The molecule has 2 unspecified atom stereocenters. The van der Waals surface area contributed by atoms with Gasteiger partial charge in [-0.2, -0.15) is 0 Å². The van der Waals surface area contributed by atoms with E-state index in [2.05, 4.69) is 12.2 Å². The number of carboxylic acid groups (broad SMARTS) is 1. The summed E-state index contributed by atoms with van der Waals surface area (Å²) in [5.41, 5.74) is -0.742. The van der Waals surface area contributed by atoms with E-state index in [0.717, 1.165) is 32.4 Å². The lowest BCUT2D eigenvalue weighted by Crippen LogP contribution is -2.50. The van der Waals surface area contributed by atoms with Crippen molar-refractivity contribution in [1.29, 1.82) is 0 Å². The second kappa shape index (κ2) is 6.21. The van der Waals surface area contributed by atoms with E-state index in [1.165, 1.54) is 0 Å².